The van der Waals surface area contributed by atoms with Crippen LogP contribution in [0.2, 0.25) is 0 Å². The van der Waals surface area contributed by atoms with Crippen molar-refractivity contribution in [2.45, 2.75) is 38.6 Å². The van der Waals surface area contributed by atoms with Crippen LogP contribution in [0.4, 0.5) is 5.69 Å². The summed E-state index contributed by atoms with van der Waals surface area (Å²) in [6, 6.07) is 0.231. The van der Waals surface area contributed by atoms with Gasteiger partial charge in [0.1, 0.15) is 0 Å². The van der Waals surface area contributed by atoms with Gasteiger partial charge in [0.15, 0.2) is 5.69 Å². The maximum absolute atomic E-state index is 12.1. The molecule has 106 valence electrons. The zero-order valence-electron chi connectivity index (χ0n) is 11.7. The largest absolute Gasteiger partial charge is 0.395 e. The Kier molecular flexibility index (Phi) is 4.42. The summed E-state index contributed by atoms with van der Waals surface area (Å²) in [5.41, 5.74) is 7.64. The third-order valence-electron chi connectivity index (χ3n) is 3.65. The zero-order valence-corrected chi connectivity index (χ0v) is 11.7. The van der Waals surface area contributed by atoms with Crippen molar-refractivity contribution in [2.75, 3.05) is 25.9 Å². The fourth-order valence-corrected chi connectivity index (χ4v) is 2.41. The monoisotopic (exact) mass is 265 g/mol. The fraction of sp³-hybridized carbons (Fsp3) is 0.692. The quantitative estimate of drug-likeness (QED) is 0.750. The summed E-state index contributed by atoms with van der Waals surface area (Å²) in [6.45, 7) is 4.10. The van der Waals surface area contributed by atoms with Gasteiger partial charge in [-0.15, -0.1) is 0 Å². The van der Waals surface area contributed by atoms with Gasteiger partial charge in [0.05, 0.1) is 11.4 Å². The number of nitrogens with two attached hydrogens (primary N) is 1. The van der Waals surface area contributed by atoms with E-state index in [1.807, 2.05) is 0 Å². The van der Waals surface area contributed by atoms with Gasteiger partial charge < -0.3 is 16.0 Å². The molecule has 0 spiro atoms. The van der Waals surface area contributed by atoms with E-state index in [0.29, 0.717) is 11.4 Å². The molecule has 0 bridgehead atoms. The number of amides is 1. The minimum absolute atomic E-state index is 0.161. The van der Waals surface area contributed by atoms with Gasteiger partial charge in [-0.05, 0) is 39.4 Å². The van der Waals surface area contributed by atoms with Crippen LogP contribution in [0.15, 0.2) is 0 Å². The molecule has 0 unspecified atom stereocenters. The summed E-state index contributed by atoms with van der Waals surface area (Å²) in [7, 11) is 2.10. The van der Waals surface area contributed by atoms with E-state index < -0.39 is 0 Å². The molecule has 1 fully saturated rings. The van der Waals surface area contributed by atoms with Crippen LogP contribution in [0.1, 0.15) is 42.4 Å². The second kappa shape index (κ2) is 6.06. The Hall–Kier alpha value is -1.56. The lowest BCUT2D eigenvalue weighted by Gasteiger charge is -2.29. The van der Waals surface area contributed by atoms with Gasteiger partial charge in [-0.25, -0.2) is 0 Å². The molecule has 1 saturated heterocycles. The van der Waals surface area contributed by atoms with Crippen molar-refractivity contribution >= 4 is 11.6 Å². The first-order valence-corrected chi connectivity index (χ1v) is 6.94. The van der Waals surface area contributed by atoms with Gasteiger partial charge in [-0.1, -0.05) is 13.3 Å². The van der Waals surface area contributed by atoms with E-state index in [4.69, 9.17) is 5.73 Å². The smallest absolute Gasteiger partial charge is 0.274 e. The second-order valence-electron chi connectivity index (χ2n) is 5.27. The van der Waals surface area contributed by atoms with Crippen LogP contribution in [-0.2, 0) is 6.42 Å². The highest BCUT2D eigenvalue weighted by atomic mass is 16.2. The molecule has 2 rings (SSSR count). The summed E-state index contributed by atoms with van der Waals surface area (Å²) < 4.78 is 0. The number of likely N-dealkylation sites (tertiary alicyclic amines) is 1. The number of piperidine rings is 1. The minimum Gasteiger partial charge on any atom is -0.395 e. The molecule has 19 heavy (non-hydrogen) atoms. The van der Waals surface area contributed by atoms with E-state index in [9.17, 15) is 4.79 Å². The Balaban J connectivity index is 1.96. The summed E-state index contributed by atoms with van der Waals surface area (Å²) in [5, 5.41) is 9.92. The Morgan fingerprint density at radius 1 is 1.53 bits per heavy atom. The lowest BCUT2D eigenvalue weighted by atomic mass is 10.1. The first kappa shape index (κ1) is 13.9. The van der Waals surface area contributed by atoms with Gasteiger partial charge in [0.2, 0.25) is 0 Å². The number of carbonyl (C=O) groups is 1. The number of H-pyrrole nitrogens is 1. The topological polar surface area (TPSA) is 87.0 Å². The van der Waals surface area contributed by atoms with E-state index in [2.05, 4.69) is 34.4 Å². The number of rotatable bonds is 4. The summed E-state index contributed by atoms with van der Waals surface area (Å²) >= 11 is 0. The molecule has 0 aliphatic carbocycles. The van der Waals surface area contributed by atoms with Crippen molar-refractivity contribution < 1.29 is 4.79 Å². The van der Waals surface area contributed by atoms with Crippen molar-refractivity contribution in [3.8, 4) is 0 Å². The molecule has 1 aliphatic heterocycles. The number of hydrogen-bond acceptors (Lipinski definition) is 4. The van der Waals surface area contributed by atoms with Gasteiger partial charge in [0, 0.05) is 6.04 Å². The van der Waals surface area contributed by atoms with Gasteiger partial charge in [-0.3, -0.25) is 9.89 Å². The molecule has 0 aromatic carbocycles. The average Bonchev–Trinajstić information content (AvgIpc) is 2.75. The zero-order chi connectivity index (χ0) is 13.8. The van der Waals surface area contributed by atoms with Crippen LogP contribution in [0.5, 0.6) is 0 Å². The minimum atomic E-state index is -0.161. The predicted molar refractivity (Wildman–Crippen MR) is 75.0 cm³/mol. The Bertz CT molecular complexity index is 434. The highest BCUT2D eigenvalue weighted by molar-refractivity contribution is 5.97. The maximum Gasteiger partial charge on any atom is 0.274 e. The maximum atomic E-state index is 12.1. The van der Waals surface area contributed by atoms with Crippen LogP contribution >= 0.6 is 0 Å². The van der Waals surface area contributed by atoms with Crippen molar-refractivity contribution in [1.29, 1.82) is 0 Å². The third kappa shape index (κ3) is 3.26. The van der Waals surface area contributed by atoms with Crippen LogP contribution in [0.3, 0.4) is 0 Å². The van der Waals surface area contributed by atoms with Gasteiger partial charge >= 0.3 is 0 Å². The molecular weight excluding hydrogens is 242 g/mol. The molecule has 0 atom stereocenters. The van der Waals surface area contributed by atoms with Gasteiger partial charge in [0.25, 0.3) is 5.91 Å². The molecule has 1 aromatic rings. The van der Waals surface area contributed by atoms with E-state index >= 15 is 0 Å². The van der Waals surface area contributed by atoms with E-state index in [-0.39, 0.29) is 11.9 Å². The molecule has 1 amide bonds. The molecule has 1 aliphatic rings. The lowest BCUT2D eigenvalue weighted by Crippen LogP contribution is -2.43. The van der Waals surface area contributed by atoms with Crippen molar-refractivity contribution in [3.05, 3.63) is 11.4 Å². The SMILES string of the molecule is CCCc1[nH]nc(C(=O)NC2CCN(C)CC2)c1N. The number of nitrogen functional groups attached to an aromatic ring is 1. The number of anilines is 1. The highest BCUT2D eigenvalue weighted by Gasteiger charge is 2.22. The van der Waals surface area contributed by atoms with E-state index in [0.717, 1.165) is 44.5 Å². The molecule has 0 radical (unpaired) electrons. The standard InChI is InChI=1S/C13H23N5O/c1-3-4-10-11(14)12(17-16-10)13(19)15-9-5-7-18(2)8-6-9/h9H,3-8,14H2,1-2H3,(H,15,19)(H,16,17). The summed E-state index contributed by atoms with van der Waals surface area (Å²) in [6.07, 6.45) is 3.76. The Labute approximate surface area is 113 Å². The predicted octanol–water partition coefficient (Wildman–Crippen LogP) is 0.768. The molecule has 6 nitrogen and oxygen atoms in total. The molecular formula is C13H23N5O. The first-order valence-electron chi connectivity index (χ1n) is 6.94. The number of aromatic amines is 1. The fourth-order valence-electron chi connectivity index (χ4n) is 2.41. The molecule has 2 heterocycles. The number of nitrogens with one attached hydrogen (secondary N) is 2. The number of nitrogens with zero attached hydrogens (tertiary/aromatic N) is 2. The van der Waals surface area contributed by atoms with E-state index in [1.165, 1.54) is 0 Å². The van der Waals surface area contributed by atoms with Crippen LogP contribution in [-0.4, -0.2) is 47.2 Å². The highest BCUT2D eigenvalue weighted by Crippen LogP contribution is 2.16. The summed E-state index contributed by atoms with van der Waals surface area (Å²) in [4.78, 5) is 14.4. The Morgan fingerprint density at radius 2 is 2.21 bits per heavy atom. The lowest BCUT2D eigenvalue weighted by molar-refractivity contribution is 0.0912. The van der Waals surface area contributed by atoms with Crippen LogP contribution < -0.4 is 11.1 Å². The number of aromatic nitrogens is 2. The molecule has 6 heteroatoms. The first-order chi connectivity index (χ1) is 9.11. The van der Waals surface area contributed by atoms with Gasteiger partial charge in [-0.2, -0.15) is 5.10 Å². The number of aryl methyl sites for hydroxylation is 1. The number of carbonyl (C=O) groups excluding carboxylic acids is 1. The Morgan fingerprint density at radius 3 is 2.84 bits per heavy atom. The van der Waals surface area contributed by atoms with E-state index in [1.54, 1.807) is 0 Å². The number of hydrogen-bond donors (Lipinski definition) is 3. The molecule has 1 aromatic heterocycles. The van der Waals surface area contributed by atoms with Crippen molar-refractivity contribution in [1.82, 2.24) is 20.4 Å². The van der Waals surface area contributed by atoms with Crippen molar-refractivity contribution in [3.63, 3.8) is 0 Å². The van der Waals surface area contributed by atoms with Crippen LogP contribution in [0, 0.1) is 0 Å². The average molecular weight is 265 g/mol. The van der Waals surface area contributed by atoms with Crippen molar-refractivity contribution in [2.24, 2.45) is 0 Å². The normalized spacial score (nSPS) is 17.6. The third-order valence-corrected chi connectivity index (χ3v) is 3.65. The second-order valence-corrected chi connectivity index (χ2v) is 5.27. The molecule has 0 saturated carbocycles. The molecule has 4 N–H and O–H groups in total. The van der Waals surface area contributed by atoms with Crippen LogP contribution in [0.25, 0.3) is 0 Å². The summed E-state index contributed by atoms with van der Waals surface area (Å²) in [5.74, 6) is -0.161.